The number of hydrogen-bond acceptors (Lipinski definition) is 2. The molecule has 0 spiro atoms. The Balaban J connectivity index is 1.65. The fourth-order valence-electron chi connectivity index (χ4n) is 4.95. The Hall–Kier alpha value is -0.570. The van der Waals surface area contributed by atoms with Crippen molar-refractivity contribution in [2.45, 2.75) is 77.8 Å². The van der Waals surface area contributed by atoms with Crippen LogP contribution in [0.4, 0.5) is 0 Å². The van der Waals surface area contributed by atoms with Crippen LogP contribution in [0.25, 0.3) is 0 Å². The number of carbonyl (C=O) groups excluding carboxylic acids is 1. The van der Waals surface area contributed by atoms with Gasteiger partial charge in [0.05, 0.1) is 6.04 Å². The lowest BCUT2D eigenvalue weighted by molar-refractivity contribution is -0.125. The summed E-state index contributed by atoms with van der Waals surface area (Å²) < 4.78 is 0. The number of fused-ring (bicyclic) bond motifs is 2. The monoisotopic (exact) mass is 278 g/mol. The summed E-state index contributed by atoms with van der Waals surface area (Å²) in [6, 6.07) is 0.428. The molecule has 0 aromatic carbocycles. The molecule has 3 heteroatoms. The van der Waals surface area contributed by atoms with E-state index in [1.165, 1.54) is 38.5 Å². The predicted octanol–water partition coefficient (Wildman–Crippen LogP) is 2.85. The second kappa shape index (κ2) is 5.01. The van der Waals surface area contributed by atoms with E-state index in [1.807, 2.05) is 0 Å². The van der Waals surface area contributed by atoms with Crippen molar-refractivity contribution in [3.63, 3.8) is 0 Å². The van der Waals surface area contributed by atoms with E-state index in [-0.39, 0.29) is 17.4 Å². The number of rotatable bonds is 2. The van der Waals surface area contributed by atoms with Crippen LogP contribution in [0.15, 0.2) is 0 Å². The lowest BCUT2D eigenvalue weighted by Crippen LogP contribution is -2.52. The molecule has 1 saturated heterocycles. The fraction of sp³-hybridized carbons (Fsp3) is 0.941. The lowest BCUT2D eigenvalue weighted by Gasteiger charge is -2.40. The third-order valence-corrected chi connectivity index (χ3v) is 6.99. The van der Waals surface area contributed by atoms with Crippen LogP contribution in [-0.4, -0.2) is 24.5 Å². The van der Waals surface area contributed by atoms with Crippen LogP contribution in [0.1, 0.15) is 65.7 Å². The van der Waals surface area contributed by atoms with Crippen molar-refractivity contribution in [3.05, 3.63) is 0 Å². The number of carbonyl (C=O) groups is 1. The average Bonchev–Trinajstić information content (AvgIpc) is 2.68. The highest BCUT2D eigenvalue weighted by Gasteiger charge is 2.61. The molecule has 1 heterocycles. The van der Waals surface area contributed by atoms with Gasteiger partial charge in [0.1, 0.15) is 0 Å². The van der Waals surface area contributed by atoms with Gasteiger partial charge >= 0.3 is 0 Å². The third kappa shape index (κ3) is 2.09. The van der Waals surface area contributed by atoms with Gasteiger partial charge in [-0.05, 0) is 55.4 Å². The average molecular weight is 278 g/mol. The first-order valence-electron chi connectivity index (χ1n) is 8.49. The summed E-state index contributed by atoms with van der Waals surface area (Å²) in [5, 5.41) is 6.82. The first-order valence-corrected chi connectivity index (χ1v) is 8.49. The van der Waals surface area contributed by atoms with Gasteiger partial charge in [-0.3, -0.25) is 4.79 Å². The lowest BCUT2D eigenvalue weighted by atomic mass is 9.69. The second-order valence-corrected chi connectivity index (χ2v) is 8.03. The normalized spacial score (nSPS) is 43.2. The largest absolute Gasteiger partial charge is 0.351 e. The first kappa shape index (κ1) is 14.4. The Labute approximate surface area is 123 Å². The van der Waals surface area contributed by atoms with Gasteiger partial charge in [-0.1, -0.05) is 33.6 Å². The van der Waals surface area contributed by atoms with E-state index in [9.17, 15) is 4.79 Å². The van der Waals surface area contributed by atoms with Gasteiger partial charge in [0.2, 0.25) is 5.91 Å². The molecule has 3 nitrogen and oxygen atoms in total. The van der Waals surface area contributed by atoms with Crippen LogP contribution < -0.4 is 10.6 Å². The van der Waals surface area contributed by atoms with E-state index >= 15 is 0 Å². The molecule has 2 bridgehead atoms. The third-order valence-electron chi connectivity index (χ3n) is 6.99. The Kier molecular flexibility index (Phi) is 3.60. The Morgan fingerprint density at radius 1 is 1.15 bits per heavy atom. The summed E-state index contributed by atoms with van der Waals surface area (Å²) >= 11 is 0. The molecule has 3 aliphatic rings. The highest BCUT2D eigenvalue weighted by atomic mass is 16.2. The van der Waals surface area contributed by atoms with Crippen LogP contribution in [0.2, 0.25) is 0 Å². The SMILES string of the molecule is CC1(C)C2CCC1(C)C(NC(=O)C1CCCCCN1)C2. The van der Waals surface area contributed by atoms with Crippen molar-refractivity contribution >= 4 is 5.91 Å². The van der Waals surface area contributed by atoms with E-state index < -0.39 is 0 Å². The van der Waals surface area contributed by atoms with Crippen LogP contribution in [0.5, 0.6) is 0 Å². The summed E-state index contributed by atoms with van der Waals surface area (Å²) in [4.78, 5) is 12.6. The fourth-order valence-corrected chi connectivity index (χ4v) is 4.95. The van der Waals surface area contributed by atoms with Gasteiger partial charge in [0.15, 0.2) is 0 Å². The standard InChI is InChI=1S/C17H30N2O/c1-16(2)12-8-9-17(16,3)14(11-12)19-15(20)13-7-5-4-6-10-18-13/h12-14,18H,4-11H2,1-3H3,(H,19,20). The van der Waals surface area contributed by atoms with Gasteiger partial charge in [-0.15, -0.1) is 0 Å². The second-order valence-electron chi connectivity index (χ2n) is 8.03. The van der Waals surface area contributed by atoms with E-state index in [1.54, 1.807) is 0 Å². The predicted molar refractivity (Wildman–Crippen MR) is 81.4 cm³/mol. The molecule has 3 fully saturated rings. The molecule has 2 N–H and O–H groups in total. The summed E-state index contributed by atoms with van der Waals surface area (Å²) in [6.07, 6.45) is 8.45. The van der Waals surface area contributed by atoms with Gasteiger partial charge in [-0.25, -0.2) is 0 Å². The highest BCUT2D eigenvalue weighted by molar-refractivity contribution is 5.82. The molecular formula is C17H30N2O. The summed E-state index contributed by atoms with van der Waals surface area (Å²) in [6.45, 7) is 8.20. The minimum Gasteiger partial charge on any atom is -0.351 e. The summed E-state index contributed by atoms with van der Waals surface area (Å²) in [7, 11) is 0. The first-order chi connectivity index (χ1) is 9.45. The maximum absolute atomic E-state index is 12.6. The number of nitrogens with one attached hydrogen (secondary N) is 2. The van der Waals surface area contributed by atoms with Crippen molar-refractivity contribution < 1.29 is 4.79 Å². The Morgan fingerprint density at radius 3 is 2.60 bits per heavy atom. The highest BCUT2D eigenvalue weighted by Crippen LogP contribution is 2.65. The topological polar surface area (TPSA) is 41.1 Å². The molecule has 2 saturated carbocycles. The van der Waals surface area contributed by atoms with Gasteiger partial charge in [0, 0.05) is 6.04 Å². The van der Waals surface area contributed by atoms with Gasteiger partial charge in [0.25, 0.3) is 0 Å². The molecule has 20 heavy (non-hydrogen) atoms. The summed E-state index contributed by atoms with van der Waals surface area (Å²) in [5.41, 5.74) is 0.667. The maximum atomic E-state index is 12.6. The zero-order chi connectivity index (χ0) is 14.4. The molecule has 114 valence electrons. The summed E-state index contributed by atoms with van der Waals surface area (Å²) in [5.74, 6) is 1.04. The van der Waals surface area contributed by atoms with Crippen LogP contribution in [-0.2, 0) is 4.79 Å². The Bertz CT molecular complexity index is 384. The quantitative estimate of drug-likeness (QED) is 0.815. The number of hydrogen-bond donors (Lipinski definition) is 2. The van der Waals surface area contributed by atoms with E-state index in [2.05, 4.69) is 31.4 Å². The molecule has 4 atom stereocenters. The van der Waals surface area contributed by atoms with E-state index in [4.69, 9.17) is 0 Å². The molecule has 0 radical (unpaired) electrons. The Morgan fingerprint density at radius 2 is 1.95 bits per heavy atom. The zero-order valence-electron chi connectivity index (χ0n) is 13.3. The molecular weight excluding hydrogens is 248 g/mol. The van der Waals surface area contributed by atoms with Crippen molar-refractivity contribution in [2.75, 3.05) is 6.54 Å². The van der Waals surface area contributed by atoms with Crippen LogP contribution in [0.3, 0.4) is 0 Å². The smallest absolute Gasteiger partial charge is 0.237 e. The van der Waals surface area contributed by atoms with Crippen molar-refractivity contribution in [3.8, 4) is 0 Å². The number of amides is 1. The minimum absolute atomic E-state index is 0.0448. The molecule has 3 rings (SSSR count). The molecule has 0 aromatic rings. The minimum atomic E-state index is 0.0448. The maximum Gasteiger partial charge on any atom is 0.237 e. The molecule has 1 amide bonds. The van der Waals surface area contributed by atoms with Crippen LogP contribution >= 0.6 is 0 Å². The zero-order valence-corrected chi connectivity index (χ0v) is 13.3. The molecule has 1 aliphatic heterocycles. The van der Waals surface area contributed by atoms with E-state index in [0.717, 1.165) is 18.9 Å². The van der Waals surface area contributed by atoms with E-state index in [0.29, 0.717) is 11.5 Å². The van der Waals surface area contributed by atoms with Gasteiger partial charge < -0.3 is 10.6 Å². The molecule has 2 aliphatic carbocycles. The van der Waals surface area contributed by atoms with Crippen LogP contribution in [0, 0.1) is 16.7 Å². The van der Waals surface area contributed by atoms with Crippen molar-refractivity contribution in [2.24, 2.45) is 16.7 Å². The van der Waals surface area contributed by atoms with Gasteiger partial charge in [-0.2, -0.15) is 0 Å². The van der Waals surface area contributed by atoms with Crippen molar-refractivity contribution in [1.29, 1.82) is 0 Å². The molecule has 4 unspecified atom stereocenters. The van der Waals surface area contributed by atoms with Crippen molar-refractivity contribution in [1.82, 2.24) is 10.6 Å². The molecule has 0 aromatic heterocycles.